The van der Waals surface area contributed by atoms with Gasteiger partial charge in [-0.25, -0.2) is 9.67 Å². The van der Waals surface area contributed by atoms with Crippen LogP contribution < -0.4 is 11.5 Å². The maximum Gasteiger partial charge on any atom is 0.248 e. The lowest BCUT2D eigenvalue weighted by Crippen LogP contribution is -2.12. The van der Waals surface area contributed by atoms with Crippen LogP contribution >= 0.6 is 0 Å². The molecule has 6 nitrogen and oxygen atoms in total. The van der Waals surface area contributed by atoms with Crippen molar-refractivity contribution in [2.75, 3.05) is 5.73 Å². The van der Waals surface area contributed by atoms with E-state index in [-0.39, 0.29) is 0 Å². The van der Waals surface area contributed by atoms with Crippen LogP contribution in [0.2, 0.25) is 0 Å². The summed E-state index contributed by atoms with van der Waals surface area (Å²) < 4.78 is 1.51. The molecular weight excluding hydrogens is 194 g/mol. The highest BCUT2D eigenvalue weighted by atomic mass is 16.1. The van der Waals surface area contributed by atoms with E-state index in [4.69, 9.17) is 11.5 Å². The van der Waals surface area contributed by atoms with Crippen LogP contribution in [-0.4, -0.2) is 20.7 Å². The largest absolute Gasteiger partial charge is 0.397 e. The lowest BCUT2D eigenvalue weighted by molar-refractivity contribution is 0.100. The van der Waals surface area contributed by atoms with E-state index in [2.05, 4.69) is 10.1 Å². The molecule has 1 aromatic heterocycles. The molecule has 2 aromatic rings. The number of aromatic nitrogens is 3. The predicted octanol–water partition coefficient (Wildman–Crippen LogP) is -0.0516. The first kappa shape index (κ1) is 9.20. The SMILES string of the molecule is NC(=O)c1ccc(-n2cncn2)c(N)c1. The molecule has 1 aromatic carbocycles. The summed E-state index contributed by atoms with van der Waals surface area (Å²) in [6, 6.07) is 4.78. The Labute approximate surface area is 85.5 Å². The van der Waals surface area contributed by atoms with E-state index in [0.29, 0.717) is 16.9 Å². The molecule has 4 N–H and O–H groups in total. The molecule has 2 rings (SSSR count). The topological polar surface area (TPSA) is 99.8 Å². The van der Waals surface area contributed by atoms with E-state index in [1.807, 2.05) is 0 Å². The molecule has 0 bridgehead atoms. The third-order valence-corrected chi connectivity index (χ3v) is 1.98. The molecule has 1 amide bonds. The normalized spacial score (nSPS) is 10.1. The van der Waals surface area contributed by atoms with Crippen molar-refractivity contribution in [1.29, 1.82) is 0 Å². The number of carbonyl (C=O) groups is 1. The molecule has 0 aliphatic rings. The summed E-state index contributed by atoms with van der Waals surface area (Å²) in [5.74, 6) is -0.508. The maximum absolute atomic E-state index is 10.9. The number of benzene rings is 1. The first-order valence-electron chi connectivity index (χ1n) is 4.23. The Morgan fingerprint density at radius 3 is 2.73 bits per heavy atom. The van der Waals surface area contributed by atoms with Crippen LogP contribution in [0.5, 0.6) is 0 Å². The first-order valence-corrected chi connectivity index (χ1v) is 4.23. The van der Waals surface area contributed by atoms with Crippen molar-refractivity contribution >= 4 is 11.6 Å². The summed E-state index contributed by atoms with van der Waals surface area (Å²) in [5, 5.41) is 3.93. The number of primary amides is 1. The summed E-state index contributed by atoms with van der Waals surface area (Å²) in [6.45, 7) is 0. The number of nitrogen functional groups attached to an aromatic ring is 1. The quantitative estimate of drug-likeness (QED) is 0.668. The average Bonchev–Trinajstić information content (AvgIpc) is 2.70. The Morgan fingerprint density at radius 1 is 1.40 bits per heavy atom. The van der Waals surface area contributed by atoms with E-state index in [9.17, 15) is 4.79 Å². The molecule has 0 fully saturated rings. The molecule has 0 saturated heterocycles. The average molecular weight is 203 g/mol. The summed E-state index contributed by atoms with van der Waals surface area (Å²) in [7, 11) is 0. The molecule has 0 aliphatic heterocycles. The predicted molar refractivity (Wildman–Crippen MR) is 54.3 cm³/mol. The Balaban J connectivity index is 2.48. The van der Waals surface area contributed by atoms with Gasteiger partial charge in [0.25, 0.3) is 0 Å². The van der Waals surface area contributed by atoms with Crippen LogP contribution in [0.1, 0.15) is 10.4 Å². The van der Waals surface area contributed by atoms with Gasteiger partial charge >= 0.3 is 0 Å². The van der Waals surface area contributed by atoms with Gasteiger partial charge in [-0.05, 0) is 18.2 Å². The van der Waals surface area contributed by atoms with Gasteiger partial charge in [-0.1, -0.05) is 0 Å². The Bertz CT molecular complexity index is 491. The fraction of sp³-hybridized carbons (Fsp3) is 0. The number of nitrogens with zero attached hydrogens (tertiary/aromatic N) is 3. The molecule has 0 spiro atoms. The van der Waals surface area contributed by atoms with Crippen LogP contribution in [0, 0.1) is 0 Å². The lowest BCUT2D eigenvalue weighted by Gasteiger charge is -2.05. The number of hydrogen-bond acceptors (Lipinski definition) is 4. The van der Waals surface area contributed by atoms with Crippen LogP contribution in [0.4, 0.5) is 5.69 Å². The van der Waals surface area contributed by atoms with Gasteiger partial charge in [-0.2, -0.15) is 5.10 Å². The van der Waals surface area contributed by atoms with Crippen molar-refractivity contribution in [3.8, 4) is 5.69 Å². The number of anilines is 1. The van der Waals surface area contributed by atoms with Crippen molar-refractivity contribution in [3.05, 3.63) is 36.4 Å². The van der Waals surface area contributed by atoms with Crippen LogP contribution in [0.3, 0.4) is 0 Å². The molecular formula is C9H9N5O. The summed E-state index contributed by atoms with van der Waals surface area (Å²) in [6.07, 6.45) is 2.93. The van der Waals surface area contributed by atoms with Gasteiger partial charge < -0.3 is 11.5 Å². The van der Waals surface area contributed by atoms with Gasteiger partial charge in [0.15, 0.2) is 0 Å². The third-order valence-electron chi connectivity index (χ3n) is 1.98. The highest BCUT2D eigenvalue weighted by Gasteiger charge is 2.06. The molecule has 0 aliphatic carbocycles. The Hall–Kier alpha value is -2.37. The molecule has 1 heterocycles. The summed E-state index contributed by atoms with van der Waals surface area (Å²) in [4.78, 5) is 14.7. The number of nitrogens with two attached hydrogens (primary N) is 2. The molecule has 15 heavy (non-hydrogen) atoms. The second-order valence-corrected chi connectivity index (χ2v) is 2.98. The monoisotopic (exact) mass is 203 g/mol. The van der Waals surface area contributed by atoms with Crippen molar-refractivity contribution in [3.63, 3.8) is 0 Å². The number of amides is 1. The number of hydrogen-bond donors (Lipinski definition) is 2. The van der Waals surface area contributed by atoms with E-state index >= 15 is 0 Å². The molecule has 0 radical (unpaired) electrons. The van der Waals surface area contributed by atoms with Gasteiger partial charge in [0, 0.05) is 5.56 Å². The van der Waals surface area contributed by atoms with Gasteiger partial charge in [-0.3, -0.25) is 4.79 Å². The van der Waals surface area contributed by atoms with E-state index in [1.165, 1.54) is 23.4 Å². The summed E-state index contributed by atoms with van der Waals surface area (Å²) >= 11 is 0. The minimum Gasteiger partial charge on any atom is -0.397 e. The van der Waals surface area contributed by atoms with Crippen LogP contribution in [0.15, 0.2) is 30.9 Å². The van der Waals surface area contributed by atoms with Crippen LogP contribution in [-0.2, 0) is 0 Å². The van der Waals surface area contributed by atoms with Gasteiger partial charge in [0.1, 0.15) is 12.7 Å². The first-order chi connectivity index (χ1) is 7.18. The standard InChI is InChI=1S/C9H9N5O/c10-7-3-6(9(11)15)1-2-8(7)14-5-12-4-13-14/h1-5H,10H2,(H2,11,15). The van der Waals surface area contributed by atoms with Gasteiger partial charge in [0.2, 0.25) is 5.91 Å². The number of carbonyl (C=O) groups excluding carboxylic acids is 1. The van der Waals surface area contributed by atoms with Crippen molar-refractivity contribution in [2.45, 2.75) is 0 Å². The van der Waals surface area contributed by atoms with Gasteiger partial charge in [-0.15, -0.1) is 0 Å². The maximum atomic E-state index is 10.9. The zero-order chi connectivity index (χ0) is 10.8. The van der Waals surface area contributed by atoms with Crippen molar-refractivity contribution in [1.82, 2.24) is 14.8 Å². The fourth-order valence-corrected chi connectivity index (χ4v) is 1.25. The minimum absolute atomic E-state index is 0.372. The number of rotatable bonds is 2. The van der Waals surface area contributed by atoms with Crippen molar-refractivity contribution in [2.24, 2.45) is 5.73 Å². The van der Waals surface area contributed by atoms with E-state index in [1.54, 1.807) is 12.1 Å². The second kappa shape index (κ2) is 3.41. The molecule has 0 atom stereocenters. The smallest absolute Gasteiger partial charge is 0.248 e. The highest BCUT2D eigenvalue weighted by molar-refractivity contribution is 5.94. The Kier molecular flexibility index (Phi) is 2.09. The van der Waals surface area contributed by atoms with E-state index in [0.717, 1.165) is 0 Å². The highest BCUT2D eigenvalue weighted by Crippen LogP contribution is 2.17. The second-order valence-electron chi connectivity index (χ2n) is 2.98. The Morgan fingerprint density at radius 2 is 2.20 bits per heavy atom. The zero-order valence-corrected chi connectivity index (χ0v) is 7.79. The van der Waals surface area contributed by atoms with Crippen LogP contribution in [0.25, 0.3) is 5.69 Å². The molecule has 0 saturated carbocycles. The molecule has 0 unspecified atom stereocenters. The molecule has 76 valence electrons. The third kappa shape index (κ3) is 1.64. The summed E-state index contributed by atoms with van der Waals surface area (Å²) in [5.41, 5.74) is 12.3. The van der Waals surface area contributed by atoms with Crippen molar-refractivity contribution < 1.29 is 4.79 Å². The lowest BCUT2D eigenvalue weighted by atomic mass is 10.1. The minimum atomic E-state index is -0.508. The zero-order valence-electron chi connectivity index (χ0n) is 7.79. The fourth-order valence-electron chi connectivity index (χ4n) is 1.25. The molecule has 6 heteroatoms. The van der Waals surface area contributed by atoms with Gasteiger partial charge in [0.05, 0.1) is 11.4 Å². The van der Waals surface area contributed by atoms with E-state index < -0.39 is 5.91 Å².